The molecule has 0 amide bonds. The van der Waals surface area contributed by atoms with E-state index in [9.17, 15) is 0 Å². The number of hydrogen-bond donors (Lipinski definition) is 2. The Morgan fingerprint density at radius 3 is 2.35 bits per heavy atom. The highest BCUT2D eigenvalue weighted by atomic mass is 16.5. The quantitative estimate of drug-likeness (QED) is 0.579. The normalized spacial score (nSPS) is 17.0. The zero-order chi connectivity index (χ0) is 18.9. The number of likely N-dealkylation sites (tertiary alicyclic amines) is 1. The second-order valence-corrected chi connectivity index (χ2v) is 7.82. The van der Waals surface area contributed by atoms with Gasteiger partial charge in [0.25, 0.3) is 0 Å². The van der Waals surface area contributed by atoms with Gasteiger partial charge in [-0.15, -0.1) is 0 Å². The number of nitrogens with one attached hydrogen (secondary N) is 2. The van der Waals surface area contributed by atoms with Gasteiger partial charge < -0.3 is 20.3 Å². The molecule has 0 unspecified atom stereocenters. The van der Waals surface area contributed by atoms with Gasteiger partial charge in [0.15, 0.2) is 5.96 Å². The second-order valence-electron chi connectivity index (χ2n) is 7.82. The summed E-state index contributed by atoms with van der Waals surface area (Å²) in [6.45, 7) is 12.7. The smallest absolute Gasteiger partial charge is 0.191 e. The highest BCUT2D eigenvalue weighted by Gasteiger charge is 2.21. The maximum Gasteiger partial charge on any atom is 0.191 e. The molecule has 0 aliphatic carbocycles. The van der Waals surface area contributed by atoms with Gasteiger partial charge in [0.2, 0.25) is 0 Å². The molecule has 1 aromatic rings. The average Bonchev–Trinajstić information content (AvgIpc) is 2.64. The summed E-state index contributed by atoms with van der Waals surface area (Å²) in [5.74, 6) is 2.35. The number of guanidine groups is 1. The van der Waals surface area contributed by atoms with Crippen LogP contribution >= 0.6 is 0 Å². The topological polar surface area (TPSA) is 48.9 Å². The maximum absolute atomic E-state index is 5.73. The third kappa shape index (κ3) is 6.87. The van der Waals surface area contributed by atoms with E-state index in [2.05, 4.69) is 60.4 Å². The first-order valence-electron chi connectivity index (χ1n) is 9.91. The molecule has 1 aliphatic heterocycles. The standard InChI is InChI=1S/C21H36N4O/c1-16(2)15-26-20-8-6-18(7-9-20)14-23-21(22-5)24-19-10-12-25(13-11-19)17(3)4/h6-9,16-17,19H,10-15H2,1-5H3,(H2,22,23,24). The number of nitrogens with zero attached hydrogens (tertiary/aromatic N) is 2. The number of piperidine rings is 1. The SMILES string of the molecule is CN=C(NCc1ccc(OCC(C)C)cc1)NC1CCN(C(C)C)CC1. The van der Waals surface area contributed by atoms with Crippen LogP contribution < -0.4 is 15.4 Å². The molecule has 1 aromatic carbocycles. The Kier molecular flexibility index (Phi) is 8.23. The van der Waals surface area contributed by atoms with E-state index in [1.807, 2.05) is 19.2 Å². The first-order valence-corrected chi connectivity index (χ1v) is 9.91. The zero-order valence-corrected chi connectivity index (χ0v) is 17.1. The van der Waals surface area contributed by atoms with E-state index in [0.29, 0.717) is 18.0 Å². The highest BCUT2D eigenvalue weighted by Crippen LogP contribution is 2.14. The largest absolute Gasteiger partial charge is 0.493 e. The summed E-state index contributed by atoms with van der Waals surface area (Å²) in [4.78, 5) is 6.91. The van der Waals surface area contributed by atoms with Gasteiger partial charge in [-0.2, -0.15) is 0 Å². The Balaban J connectivity index is 1.75. The van der Waals surface area contributed by atoms with E-state index in [1.54, 1.807) is 0 Å². The molecule has 2 N–H and O–H groups in total. The molecule has 146 valence electrons. The van der Waals surface area contributed by atoms with Crippen molar-refractivity contribution < 1.29 is 4.74 Å². The van der Waals surface area contributed by atoms with E-state index >= 15 is 0 Å². The number of hydrogen-bond acceptors (Lipinski definition) is 3. The van der Waals surface area contributed by atoms with E-state index in [-0.39, 0.29) is 0 Å². The minimum Gasteiger partial charge on any atom is -0.493 e. The first kappa shape index (κ1) is 20.6. The predicted molar refractivity (Wildman–Crippen MR) is 110 cm³/mol. The molecule has 5 nitrogen and oxygen atoms in total. The van der Waals surface area contributed by atoms with Crippen LogP contribution in [0.5, 0.6) is 5.75 Å². The lowest BCUT2D eigenvalue weighted by Gasteiger charge is -2.35. The number of aliphatic imine (C=N–C) groups is 1. The highest BCUT2D eigenvalue weighted by molar-refractivity contribution is 5.79. The lowest BCUT2D eigenvalue weighted by Crippen LogP contribution is -2.49. The summed E-state index contributed by atoms with van der Waals surface area (Å²) < 4.78 is 5.73. The van der Waals surface area contributed by atoms with Crippen LogP contribution in [0.4, 0.5) is 0 Å². The molecule has 2 rings (SSSR count). The van der Waals surface area contributed by atoms with Crippen LogP contribution in [-0.2, 0) is 6.54 Å². The minimum atomic E-state index is 0.503. The van der Waals surface area contributed by atoms with Gasteiger partial charge in [0, 0.05) is 38.8 Å². The molecule has 0 aromatic heterocycles. The lowest BCUT2D eigenvalue weighted by molar-refractivity contribution is 0.167. The summed E-state index contributed by atoms with van der Waals surface area (Å²) in [6.07, 6.45) is 2.33. The average molecular weight is 361 g/mol. The monoisotopic (exact) mass is 360 g/mol. The van der Waals surface area contributed by atoms with Crippen molar-refractivity contribution in [3.63, 3.8) is 0 Å². The van der Waals surface area contributed by atoms with Crippen molar-refractivity contribution in [2.75, 3.05) is 26.7 Å². The van der Waals surface area contributed by atoms with Gasteiger partial charge in [0.1, 0.15) is 5.75 Å². The van der Waals surface area contributed by atoms with E-state index in [4.69, 9.17) is 4.74 Å². The molecule has 0 atom stereocenters. The van der Waals surface area contributed by atoms with Gasteiger partial charge in [-0.05, 0) is 50.3 Å². The molecule has 26 heavy (non-hydrogen) atoms. The minimum absolute atomic E-state index is 0.503. The first-order chi connectivity index (χ1) is 12.5. The van der Waals surface area contributed by atoms with E-state index in [1.165, 1.54) is 18.4 Å². The van der Waals surface area contributed by atoms with Crippen LogP contribution in [0, 0.1) is 5.92 Å². The molecule has 1 saturated heterocycles. The molecule has 5 heteroatoms. The van der Waals surface area contributed by atoms with Crippen LogP contribution in [0.3, 0.4) is 0 Å². The third-order valence-electron chi connectivity index (χ3n) is 4.79. The van der Waals surface area contributed by atoms with Gasteiger partial charge in [-0.1, -0.05) is 26.0 Å². The Labute approximate surface area is 159 Å². The van der Waals surface area contributed by atoms with Gasteiger partial charge in [-0.25, -0.2) is 0 Å². The molecule has 0 bridgehead atoms. The van der Waals surface area contributed by atoms with Crippen molar-refractivity contribution in [3.8, 4) is 5.75 Å². The van der Waals surface area contributed by atoms with Crippen LogP contribution in [0.15, 0.2) is 29.3 Å². The van der Waals surface area contributed by atoms with Gasteiger partial charge >= 0.3 is 0 Å². The Bertz CT molecular complexity index is 546. The van der Waals surface area contributed by atoms with E-state index < -0.39 is 0 Å². The lowest BCUT2D eigenvalue weighted by atomic mass is 10.0. The third-order valence-corrected chi connectivity index (χ3v) is 4.79. The fourth-order valence-corrected chi connectivity index (χ4v) is 3.10. The molecular formula is C21H36N4O. The zero-order valence-electron chi connectivity index (χ0n) is 17.1. The van der Waals surface area contributed by atoms with Crippen molar-refractivity contribution in [1.82, 2.24) is 15.5 Å². The van der Waals surface area contributed by atoms with Crippen LogP contribution in [0.25, 0.3) is 0 Å². The van der Waals surface area contributed by atoms with Gasteiger partial charge in [0.05, 0.1) is 6.61 Å². The number of benzene rings is 1. The van der Waals surface area contributed by atoms with Crippen molar-refractivity contribution in [2.24, 2.45) is 10.9 Å². The number of ether oxygens (including phenoxy) is 1. The van der Waals surface area contributed by atoms with Crippen molar-refractivity contribution in [3.05, 3.63) is 29.8 Å². The molecule has 0 spiro atoms. The summed E-state index contributed by atoms with van der Waals surface area (Å²) in [6, 6.07) is 9.44. The summed E-state index contributed by atoms with van der Waals surface area (Å²) in [7, 11) is 1.83. The Morgan fingerprint density at radius 1 is 1.15 bits per heavy atom. The summed E-state index contributed by atoms with van der Waals surface area (Å²) in [5, 5.41) is 6.99. The van der Waals surface area contributed by atoms with Crippen LogP contribution in [-0.4, -0.2) is 49.7 Å². The molecule has 1 aliphatic rings. The fourth-order valence-electron chi connectivity index (χ4n) is 3.10. The van der Waals surface area contributed by atoms with Crippen molar-refractivity contribution in [1.29, 1.82) is 0 Å². The van der Waals surface area contributed by atoms with Crippen molar-refractivity contribution >= 4 is 5.96 Å². The Hall–Kier alpha value is -1.75. The summed E-state index contributed by atoms with van der Waals surface area (Å²) in [5.41, 5.74) is 1.22. The second kappa shape index (κ2) is 10.4. The Morgan fingerprint density at radius 2 is 1.81 bits per heavy atom. The summed E-state index contributed by atoms with van der Waals surface area (Å²) >= 11 is 0. The van der Waals surface area contributed by atoms with Crippen LogP contribution in [0.2, 0.25) is 0 Å². The molecule has 1 heterocycles. The molecule has 0 saturated carbocycles. The maximum atomic E-state index is 5.73. The predicted octanol–water partition coefficient (Wildman–Crippen LogP) is 3.26. The molecule has 0 radical (unpaired) electrons. The van der Waals surface area contributed by atoms with Crippen LogP contribution in [0.1, 0.15) is 46.1 Å². The molecular weight excluding hydrogens is 324 g/mol. The fraction of sp³-hybridized carbons (Fsp3) is 0.667. The van der Waals surface area contributed by atoms with Crippen molar-refractivity contribution in [2.45, 2.75) is 59.2 Å². The van der Waals surface area contributed by atoms with E-state index in [0.717, 1.165) is 38.0 Å². The van der Waals surface area contributed by atoms with Gasteiger partial charge in [-0.3, -0.25) is 4.99 Å². The number of rotatable bonds is 7. The molecule has 1 fully saturated rings.